The molecule has 0 aliphatic heterocycles. The van der Waals surface area contributed by atoms with Crippen LogP contribution in [-0.2, 0) is 11.3 Å². The molecule has 142 valence electrons. The Kier molecular flexibility index (Phi) is 5.34. The molecule has 1 aromatic carbocycles. The maximum absolute atomic E-state index is 12.5. The van der Waals surface area contributed by atoms with Crippen molar-refractivity contribution in [3.8, 4) is 0 Å². The molecule has 0 spiro atoms. The van der Waals surface area contributed by atoms with Gasteiger partial charge in [-0.2, -0.15) is 11.3 Å². The molecule has 0 bridgehead atoms. The molecule has 0 unspecified atom stereocenters. The summed E-state index contributed by atoms with van der Waals surface area (Å²) in [5.74, 6) is -0.0494. The van der Waals surface area contributed by atoms with Crippen molar-refractivity contribution in [2.45, 2.75) is 19.0 Å². The zero-order valence-electron chi connectivity index (χ0n) is 15.2. The molecule has 3 heterocycles. The first kappa shape index (κ1) is 18.2. The second-order valence-electron chi connectivity index (χ2n) is 6.52. The van der Waals surface area contributed by atoms with Crippen LogP contribution in [0, 0.1) is 0 Å². The lowest BCUT2D eigenvalue weighted by Gasteiger charge is -2.18. The van der Waals surface area contributed by atoms with Gasteiger partial charge in [-0.3, -0.25) is 14.2 Å². The van der Waals surface area contributed by atoms with Crippen LogP contribution in [0.2, 0.25) is 0 Å². The summed E-state index contributed by atoms with van der Waals surface area (Å²) < 4.78 is 3.57. The number of rotatable bonds is 7. The van der Waals surface area contributed by atoms with E-state index in [0.717, 1.165) is 5.56 Å². The van der Waals surface area contributed by atoms with Crippen molar-refractivity contribution in [1.29, 1.82) is 0 Å². The first-order valence-electron chi connectivity index (χ1n) is 9.08. The number of thiophene rings is 1. The van der Waals surface area contributed by atoms with Gasteiger partial charge < -0.3 is 9.88 Å². The van der Waals surface area contributed by atoms with Crippen LogP contribution in [0.3, 0.4) is 0 Å². The van der Waals surface area contributed by atoms with Gasteiger partial charge in [0.1, 0.15) is 0 Å². The Bertz CT molecular complexity index is 1080. The Hall–Kier alpha value is -3.19. The second kappa shape index (κ2) is 8.22. The molecule has 4 aromatic rings. The molecule has 6 nitrogen and oxygen atoms in total. The third-order valence-corrected chi connectivity index (χ3v) is 5.40. The lowest BCUT2D eigenvalue weighted by molar-refractivity contribution is -0.121. The number of para-hydroxylation sites is 1. The summed E-state index contributed by atoms with van der Waals surface area (Å²) in [6.07, 6.45) is 5.81. The van der Waals surface area contributed by atoms with Gasteiger partial charge in [0.15, 0.2) is 0 Å². The van der Waals surface area contributed by atoms with Crippen LogP contribution in [0.25, 0.3) is 10.9 Å². The number of aromatic nitrogens is 3. The molecule has 0 saturated carbocycles. The number of carbonyl (C=O) groups excluding carboxylic acids is 1. The lowest BCUT2D eigenvalue weighted by atomic mass is 10.1. The number of hydrogen-bond acceptors (Lipinski definition) is 4. The van der Waals surface area contributed by atoms with E-state index < -0.39 is 0 Å². The highest BCUT2D eigenvalue weighted by molar-refractivity contribution is 7.08. The van der Waals surface area contributed by atoms with E-state index in [1.807, 2.05) is 58.7 Å². The van der Waals surface area contributed by atoms with Crippen molar-refractivity contribution < 1.29 is 4.79 Å². The first-order valence-corrected chi connectivity index (χ1v) is 10.0. The van der Waals surface area contributed by atoms with E-state index in [-0.39, 0.29) is 17.5 Å². The quantitative estimate of drug-likeness (QED) is 0.526. The minimum Gasteiger partial charge on any atom is -0.354 e. The minimum absolute atomic E-state index is 0.0358. The van der Waals surface area contributed by atoms with E-state index in [1.165, 1.54) is 10.9 Å². The smallest absolute Gasteiger partial charge is 0.261 e. The molecular weight excluding hydrogens is 372 g/mol. The van der Waals surface area contributed by atoms with Gasteiger partial charge in [-0.25, -0.2) is 4.98 Å². The van der Waals surface area contributed by atoms with Gasteiger partial charge in [0.05, 0.1) is 29.7 Å². The van der Waals surface area contributed by atoms with Gasteiger partial charge >= 0.3 is 0 Å². The van der Waals surface area contributed by atoms with Gasteiger partial charge in [-0.15, -0.1) is 0 Å². The Morgan fingerprint density at radius 1 is 1.14 bits per heavy atom. The van der Waals surface area contributed by atoms with Crippen molar-refractivity contribution in [3.63, 3.8) is 0 Å². The highest BCUT2D eigenvalue weighted by Gasteiger charge is 2.17. The van der Waals surface area contributed by atoms with Crippen molar-refractivity contribution in [2.24, 2.45) is 0 Å². The molecular formula is C21H20N4O2S. The number of nitrogens with zero attached hydrogens (tertiary/aromatic N) is 3. The number of hydrogen-bond donors (Lipinski definition) is 1. The zero-order valence-corrected chi connectivity index (χ0v) is 16.0. The highest BCUT2D eigenvalue weighted by Crippen LogP contribution is 2.24. The molecule has 1 amide bonds. The predicted octanol–water partition coefficient (Wildman–Crippen LogP) is 3.06. The number of amides is 1. The van der Waals surface area contributed by atoms with E-state index in [4.69, 9.17) is 0 Å². The maximum atomic E-state index is 12.5. The fraction of sp³-hybridized carbons (Fsp3) is 0.190. The second-order valence-corrected chi connectivity index (χ2v) is 7.30. The number of nitrogens with one attached hydrogen (secondary N) is 1. The normalized spacial score (nSPS) is 12.1. The summed E-state index contributed by atoms with van der Waals surface area (Å²) in [5.41, 5.74) is 1.70. The van der Waals surface area contributed by atoms with Crippen molar-refractivity contribution in [3.05, 3.63) is 87.9 Å². The number of fused-ring (bicyclic) bond motifs is 1. The fourth-order valence-corrected chi connectivity index (χ4v) is 3.95. The summed E-state index contributed by atoms with van der Waals surface area (Å²) in [5, 5.41) is 7.59. The first-order chi connectivity index (χ1) is 13.7. The van der Waals surface area contributed by atoms with E-state index in [9.17, 15) is 9.59 Å². The summed E-state index contributed by atoms with van der Waals surface area (Å²) in [7, 11) is 0. The van der Waals surface area contributed by atoms with Crippen LogP contribution >= 0.6 is 11.3 Å². The average Bonchev–Trinajstić information content (AvgIpc) is 3.42. The van der Waals surface area contributed by atoms with Crippen LogP contribution in [-0.4, -0.2) is 26.6 Å². The van der Waals surface area contributed by atoms with E-state index in [2.05, 4.69) is 15.7 Å². The summed E-state index contributed by atoms with van der Waals surface area (Å²) in [6.45, 7) is 0.760. The molecule has 1 N–H and O–H groups in total. The molecule has 0 aliphatic carbocycles. The largest absolute Gasteiger partial charge is 0.354 e. The van der Waals surface area contributed by atoms with Crippen LogP contribution < -0.4 is 10.9 Å². The van der Waals surface area contributed by atoms with Crippen molar-refractivity contribution in [2.75, 3.05) is 6.54 Å². The molecule has 0 saturated heterocycles. The maximum Gasteiger partial charge on any atom is 0.261 e. The molecule has 1 atom stereocenters. The van der Waals surface area contributed by atoms with E-state index in [1.54, 1.807) is 17.4 Å². The van der Waals surface area contributed by atoms with Crippen LogP contribution in [0.5, 0.6) is 0 Å². The van der Waals surface area contributed by atoms with Crippen LogP contribution in [0.4, 0.5) is 0 Å². The van der Waals surface area contributed by atoms with Crippen LogP contribution in [0.1, 0.15) is 18.0 Å². The molecule has 0 aliphatic rings. The SMILES string of the molecule is O=C(C[C@H](c1ccsc1)n1cccc1)NCCn1cnc2ccccc2c1=O. The van der Waals surface area contributed by atoms with Crippen molar-refractivity contribution >= 4 is 28.1 Å². The van der Waals surface area contributed by atoms with Gasteiger partial charge in [0, 0.05) is 25.5 Å². The number of benzene rings is 1. The Balaban J connectivity index is 1.39. The minimum atomic E-state index is -0.0941. The third kappa shape index (κ3) is 3.89. The predicted molar refractivity (Wildman–Crippen MR) is 111 cm³/mol. The van der Waals surface area contributed by atoms with Gasteiger partial charge in [0.2, 0.25) is 5.91 Å². The van der Waals surface area contributed by atoms with E-state index >= 15 is 0 Å². The average molecular weight is 392 g/mol. The number of carbonyl (C=O) groups is 1. The fourth-order valence-electron chi connectivity index (χ4n) is 3.24. The highest BCUT2D eigenvalue weighted by atomic mass is 32.1. The zero-order chi connectivity index (χ0) is 19.3. The molecule has 28 heavy (non-hydrogen) atoms. The van der Waals surface area contributed by atoms with Gasteiger partial charge in [-0.05, 0) is 46.7 Å². The Morgan fingerprint density at radius 3 is 2.75 bits per heavy atom. The third-order valence-electron chi connectivity index (χ3n) is 4.70. The summed E-state index contributed by atoms with van der Waals surface area (Å²) in [6, 6.07) is 13.2. The van der Waals surface area contributed by atoms with Gasteiger partial charge in [-0.1, -0.05) is 12.1 Å². The Morgan fingerprint density at radius 2 is 1.96 bits per heavy atom. The molecule has 4 rings (SSSR count). The standard InChI is InChI=1S/C21H20N4O2S/c26-20(13-19(16-7-12-28-14-16)24-9-3-4-10-24)22-8-11-25-15-23-18-6-2-1-5-17(18)21(25)27/h1-7,9-10,12,14-15,19H,8,11,13H2,(H,22,26)/t19-/m1/s1. The topological polar surface area (TPSA) is 68.9 Å². The van der Waals surface area contributed by atoms with Crippen LogP contribution in [0.15, 0.2) is 76.7 Å². The molecule has 0 radical (unpaired) electrons. The van der Waals surface area contributed by atoms with Gasteiger partial charge in [0.25, 0.3) is 5.56 Å². The van der Waals surface area contributed by atoms with E-state index in [0.29, 0.717) is 30.4 Å². The summed E-state index contributed by atoms with van der Waals surface area (Å²) >= 11 is 1.62. The van der Waals surface area contributed by atoms with Crippen molar-refractivity contribution in [1.82, 2.24) is 19.4 Å². The summed E-state index contributed by atoms with van der Waals surface area (Å²) in [4.78, 5) is 29.3. The molecule has 0 fully saturated rings. The molecule has 7 heteroatoms. The Labute approximate surface area is 166 Å². The lowest BCUT2D eigenvalue weighted by Crippen LogP contribution is -2.32. The monoisotopic (exact) mass is 392 g/mol. The molecule has 3 aromatic heterocycles.